The lowest BCUT2D eigenvalue weighted by Crippen LogP contribution is -2.27. The van der Waals surface area contributed by atoms with Crippen LogP contribution < -0.4 is 10.1 Å². The van der Waals surface area contributed by atoms with Gasteiger partial charge in [-0.2, -0.15) is 0 Å². The van der Waals surface area contributed by atoms with E-state index in [1.54, 1.807) is 18.4 Å². The molecule has 0 fully saturated rings. The van der Waals surface area contributed by atoms with E-state index in [1.165, 1.54) is 0 Å². The maximum atomic E-state index is 13.0. The normalized spacial score (nSPS) is 12.4. The Balaban J connectivity index is 2.01. The van der Waals surface area contributed by atoms with Crippen molar-refractivity contribution in [1.29, 1.82) is 0 Å². The molecular weight excluding hydrogens is 334 g/mol. The van der Waals surface area contributed by atoms with Gasteiger partial charge in [-0.25, -0.2) is 4.98 Å². The molecule has 1 N–H and O–H groups in total. The number of aromatic nitrogens is 2. The summed E-state index contributed by atoms with van der Waals surface area (Å²) in [7, 11) is 1.64. The van der Waals surface area contributed by atoms with Gasteiger partial charge in [-0.15, -0.1) is 11.3 Å². The van der Waals surface area contributed by atoms with Crippen molar-refractivity contribution in [2.24, 2.45) is 0 Å². The number of amides is 1. The Labute approximate surface area is 151 Å². The van der Waals surface area contributed by atoms with Gasteiger partial charge < -0.3 is 14.6 Å². The highest BCUT2D eigenvalue weighted by molar-refractivity contribution is 7.09. The average molecular weight is 357 g/mol. The number of rotatable bonds is 5. The molecule has 132 valence electrons. The zero-order chi connectivity index (χ0) is 18.1. The van der Waals surface area contributed by atoms with Crippen molar-refractivity contribution < 1.29 is 9.53 Å². The molecule has 0 unspecified atom stereocenters. The second-order valence-corrected chi connectivity index (χ2v) is 7.00. The van der Waals surface area contributed by atoms with E-state index in [0.29, 0.717) is 5.56 Å². The molecule has 0 saturated heterocycles. The van der Waals surface area contributed by atoms with Gasteiger partial charge in [-0.1, -0.05) is 0 Å². The topological polar surface area (TPSA) is 56.2 Å². The molecule has 2 aromatic heterocycles. The van der Waals surface area contributed by atoms with Gasteiger partial charge in [0.05, 0.1) is 18.7 Å². The molecule has 3 aromatic rings. The molecule has 0 bridgehead atoms. The summed E-state index contributed by atoms with van der Waals surface area (Å²) in [6.45, 7) is 8.80. The Kier molecular flexibility index (Phi) is 4.81. The van der Waals surface area contributed by atoms with Crippen LogP contribution in [0.2, 0.25) is 0 Å². The number of fused-ring (bicyclic) bond motifs is 1. The lowest BCUT2D eigenvalue weighted by molar-refractivity contribution is 0.0940. The average Bonchev–Trinajstić information content (AvgIpc) is 3.14. The van der Waals surface area contributed by atoms with Crippen LogP contribution in [0.3, 0.4) is 0 Å². The summed E-state index contributed by atoms with van der Waals surface area (Å²) in [5, 5.41) is 6.92. The maximum absolute atomic E-state index is 13.0. The fraction of sp³-hybridized carbons (Fsp3) is 0.368. The number of aryl methyl sites for hydroxylation is 2. The second kappa shape index (κ2) is 6.88. The summed E-state index contributed by atoms with van der Waals surface area (Å²) in [4.78, 5) is 17.5. The van der Waals surface area contributed by atoms with E-state index < -0.39 is 0 Å². The standard InChI is InChI=1S/C19H23N3O2S/c1-6-22-13(4)17(15-9-14(24-5)7-8-16(15)22)18(23)21-12(3)19-20-11(2)10-25-19/h7-10,12H,6H2,1-5H3,(H,21,23)/t12-/m1/s1. The second-order valence-electron chi connectivity index (χ2n) is 6.11. The Morgan fingerprint density at radius 2 is 2.16 bits per heavy atom. The molecule has 2 heterocycles. The first-order chi connectivity index (χ1) is 12.0. The lowest BCUT2D eigenvalue weighted by Gasteiger charge is -2.12. The Morgan fingerprint density at radius 1 is 1.40 bits per heavy atom. The van der Waals surface area contributed by atoms with E-state index in [0.717, 1.165) is 39.6 Å². The number of hydrogen-bond acceptors (Lipinski definition) is 4. The molecule has 5 nitrogen and oxygen atoms in total. The van der Waals surface area contributed by atoms with Gasteiger partial charge in [0.2, 0.25) is 0 Å². The zero-order valence-corrected chi connectivity index (χ0v) is 16.0. The molecule has 1 amide bonds. The van der Waals surface area contributed by atoms with Crippen molar-refractivity contribution in [3.05, 3.63) is 45.5 Å². The van der Waals surface area contributed by atoms with Crippen molar-refractivity contribution >= 4 is 28.1 Å². The van der Waals surface area contributed by atoms with Crippen LogP contribution in [-0.2, 0) is 6.54 Å². The predicted molar refractivity (Wildman–Crippen MR) is 102 cm³/mol. The molecular formula is C19H23N3O2S. The van der Waals surface area contributed by atoms with Gasteiger partial charge in [0, 0.05) is 34.2 Å². The molecule has 0 radical (unpaired) electrons. The minimum absolute atomic E-state index is 0.0803. The Hall–Kier alpha value is -2.34. The number of nitrogens with zero attached hydrogens (tertiary/aromatic N) is 2. The molecule has 1 aromatic carbocycles. The fourth-order valence-electron chi connectivity index (χ4n) is 3.18. The van der Waals surface area contributed by atoms with Crippen LogP contribution in [-0.4, -0.2) is 22.6 Å². The number of hydrogen-bond donors (Lipinski definition) is 1. The van der Waals surface area contributed by atoms with Crippen molar-refractivity contribution in [2.45, 2.75) is 40.3 Å². The molecule has 0 spiro atoms. The number of ether oxygens (including phenoxy) is 1. The maximum Gasteiger partial charge on any atom is 0.254 e. The molecule has 0 aliphatic heterocycles. The minimum Gasteiger partial charge on any atom is -0.497 e. The van der Waals surface area contributed by atoms with Gasteiger partial charge in [0.15, 0.2) is 0 Å². The summed E-state index contributed by atoms with van der Waals surface area (Å²) in [6.07, 6.45) is 0. The van der Waals surface area contributed by atoms with E-state index >= 15 is 0 Å². The molecule has 3 rings (SSSR count). The largest absolute Gasteiger partial charge is 0.497 e. The first-order valence-corrected chi connectivity index (χ1v) is 9.24. The minimum atomic E-state index is -0.128. The number of methoxy groups -OCH3 is 1. The molecule has 0 aliphatic carbocycles. The van der Waals surface area contributed by atoms with Crippen molar-refractivity contribution in [2.75, 3.05) is 7.11 Å². The monoisotopic (exact) mass is 357 g/mol. The number of benzene rings is 1. The number of thiazole rings is 1. The van der Waals surface area contributed by atoms with Gasteiger partial charge >= 0.3 is 0 Å². The summed E-state index contributed by atoms with van der Waals surface area (Å²) < 4.78 is 7.50. The van der Waals surface area contributed by atoms with Crippen LogP contribution in [0.15, 0.2) is 23.6 Å². The van der Waals surface area contributed by atoms with Gasteiger partial charge in [0.1, 0.15) is 10.8 Å². The summed E-state index contributed by atoms with van der Waals surface area (Å²) in [6, 6.07) is 5.74. The SMILES string of the molecule is CCn1c(C)c(C(=O)N[C@H](C)c2nc(C)cs2)c2cc(OC)ccc21. The predicted octanol–water partition coefficient (Wildman–Crippen LogP) is 4.23. The van der Waals surface area contributed by atoms with Crippen LogP contribution in [0.1, 0.15) is 46.6 Å². The van der Waals surface area contributed by atoms with E-state index in [-0.39, 0.29) is 11.9 Å². The van der Waals surface area contributed by atoms with Crippen LogP contribution in [0.5, 0.6) is 5.75 Å². The quantitative estimate of drug-likeness (QED) is 0.743. The lowest BCUT2D eigenvalue weighted by atomic mass is 10.1. The summed E-state index contributed by atoms with van der Waals surface area (Å²) in [5.41, 5.74) is 3.69. The highest BCUT2D eigenvalue weighted by Gasteiger charge is 2.22. The summed E-state index contributed by atoms with van der Waals surface area (Å²) >= 11 is 1.57. The van der Waals surface area contributed by atoms with Crippen LogP contribution >= 0.6 is 11.3 Å². The van der Waals surface area contributed by atoms with Crippen LogP contribution in [0.25, 0.3) is 10.9 Å². The third kappa shape index (κ3) is 3.14. The van der Waals surface area contributed by atoms with E-state index in [9.17, 15) is 4.79 Å². The number of carbonyl (C=O) groups is 1. The molecule has 0 saturated carbocycles. The van der Waals surface area contributed by atoms with Crippen molar-refractivity contribution in [3.8, 4) is 5.75 Å². The van der Waals surface area contributed by atoms with Gasteiger partial charge in [0.25, 0.3) is 5.91 Å². The molecule has 25 heavy (non-hydrogen) atoms. The number of nitrogens with one attached hydrogen (secondary N) is 1. The van der Waals surface area contributed by atoms with E-state index in [2.05, 4.69) is 21.8 Å². The van der Waals surface area contributed by atoms with Gasteiger partial charge in [-0.3, -0.25) is 4.79 Å². The Bertz CT molecular complexity index is 926. The van der Waals surface area contributed by atoms with E-state index in [1.807, 2.05) is 44.4 Å². The Morgan fingerprint density at radius 3 is 2.76 bits per heavy atom. The summed E-state index contributed by atoms with van der Waals surface area (Å²) in [5.74, 6) is 0.668. The zero-order valence-electron chi connectivity index (χ0n) is 15.2. The first kappa shape index (κ1) is 17.5. The highest BCUT2D eigenvalue weighted by atomic mass is 32.1. The fourth-order valence-corrected chi connectivity index (χ4v) is 3.99. The smallest absolute Gasteiger partial charge is 0.254 e. The third-order valence-corrected chi connectivity index (χ3v) is 5.57. The first-order valence-electron chi connectivity index (χ1n) is 8.36. The molecule has 6 heteroatoms. The van der Waals surface area contributed by atoms with Crippen molar-refractivity contribution in [1.82, 2.24) is 14.9 Å². The molecule has 0 aliphatic rings. The highest BCUT2D eigenvalue weighted by Crippen LogP contribution is 2.30. The van der Waals surface area contributed by atoms with Crippen LogP contribution in [0, 0.1) is 13.8 Å². The van der Waals surface area contributed by atoms with E-state index in [4.69, 9.17) is 4.74 Å². The number of carbonyl (C=O) groups excluding carboxylic acids is 1. The van der Waals surface area contributed by atoms with Gasteiger partial charge in [-0.05, 0) is 45.9 Å². The van der Waals surface area contributed by atoms with Crippen molar-refractivity contribution in [3.63, 3.8) is 0 Å². The molecule has 1 atom stereocenters. The van der Waals surface area contributed by atoms with Crippen LogP contribution in [0.4, 0.5) is 0 Å². The third-order valence-electron chi connectivity index (χ3n) is 4.43.